The first-order valence-electron chi connectivity index (χ1n) is 4.26. The molecule has 0 spiro atoms. The third-order valence-electron chi connectivity index (χ3n) is 1.75. The van der Waals surface area contributed by atoms with Crippen molar-refractivity contribution in [3.05, 3.63) is 51.4 Å². The Kier molecular flexibility index (Phi) is 2.32. The van der Waals surface area contributed by atoms with Crippen LogP contribution in [0.5, 0.6) is 0 Å². The fraction of sp³-hybridized carbons (Fsp3) is 0. The quantitative estimate of drug-likeness (QED) is 0.651. The molecule has 0 aliphatic heterocycles. The van der Waals surface area contributed by atoms with Crippen LogP contribution in [0.15, 0.2) is 40.2 Å². The van der Waals surface area contributed by atoms with E-state index < -0.39 is 11.2 Å². The maximum absolute atomic E-state index is 11.3. The Hall–Kier alpha value is -2.37. The molecular weight excluding hydrogens is 196 g/mol. The van der Waals surface area contributed by atoms with Crippen molar-refractivity contribution in [2.45, 2.75) is 0 Å². The summed E-state index contributed by atoms with van der Waals surface area (Å²) in [6.07, 6.45) is 2.90. The van der Waals surface area contributed by atoms with Gasteiger partial charge in [-0.25, -0.2) is 9.78 Å². The van der Waals surface area contributed by atoms with Crippen molar-refractivity contribution in [1.29, 1.82) is 0 Å². The van der Waals surface area contributed by atoms with Gasteiger partial charge in [0.2, 0.25) is 0 Å². The lowest BCUT2D eigenvalue weighted by atomic mass is 10.4. The Balaban J connectivity index is 2.33. The van der Waals surface area contributed by atoms with E-state index in [0.717, 1.165) is 0 Å². The molecule has 2 rings (SSSR count). The molecule has 76 valence electrons. The first kappa shape index (κ1) is 9.20. The molecule has 0 aromatic carbocycles. The van der Waals surface area contributed by atoms with Gasteiger partial charge in [-0.3, -0.25) is 9.78 Å². The topological polar surface area (TPSA) is 90.6 Å². The van der Waals surface area contributed by atoms with E-state index in [9.17, 15) is 9.59 Å². The number of anilines is 2. The van der Waals surface area contributed by atoms with E-state index in [0.29, 0.717) is 5.82 Å². The van der Waals surface area contributed by atoms with Crippen LogP contribution in [0.3, 0.4) is 0 Å². The summed E-state index contributed by atoms with van der Waals surface area (Å²) in [7, 11) is 0. The van der Waals surface area contributed by atoms with Crippen LogP contribution < -0.4 is 16.6 Å². The standard InChI is InChI=1S/C9H8N4O2/c14-8-6(5-11-9(15)13-8)12-7-3-1-2-4-10-7/h1-5H,(H,10,12)(H2,11,13,14,15). The number of nitrogens with zero attached hydrogens (tertiary/aromatic N) is 1. The summed E-state index contributed by atoms with van der Waals surface area (Å²) in [5.41, 5.74) is -0.774. The lowest BCUT2D eigenvalue weighted by Gasteiger charge is -2.02. The molecule has 2 aromatic rings. The molecule has 2 heterocycles. The zero-order valence-electron chi connectivity index (χ0n) is 7.65. The normalized spacial score (nSPS) is 9.87. The van der Waals surface area contributed by atoms with Crippen LogP contribution in [-0.2, 0) is 0 Å². The Morgan fingerprint density at radius 2 is 2.13 bits per heavy atom. The lowest BCUT2D eigenvalue weighted by molar-refractivity contribution is 1.04. The number of aromatic nitrogens is 3. The number of rotatable bonds is 2. The number of hydrogen-bond donors (Lipinski definition) is 3. The van der Waals surface area contributed by atoms with E-state index in [4.69, 9.17) is 0 Å². The third-order valence-corrected chi connectivity index (χ3v) is 1.75. The molecule has 0 atom stereocenters. The predicted molar refractivity (Wildman–Crippen MR) is 55.2 cm³/mol. The van der Waals surface area contributed by atoms with Crippen molar-refractivity contribution < 1.29 is 0 Å². The number of aromatic amines is 2. The molecule has 3 N–H and O–H groups in total. The van der Waals surface area contributed by atoms with Crippen LogP contribution in [0.1, 0.15) is 0 Å². The molecule has 0 saturated carbocycles. The predicted octanol–water partition coefficient (Wildman–Crippen LogP) is 0.202. The molecule has 0 bridgehead atoms. The molecule has 0 fully saturated rings. The van der Waals surface area contributed by atoms with E-state index in [1.54, 1.807) is 24.4 Å². The molecule has 2 aromatic heterocycles. The van der Waals surface area contributed by atoms with E-state index in [-0.39, 0.29) is 5.69 Å². The highest BCUT2D eigenvalue weighted by molar-refractivity contribution is 5.52. The second kappa shape index (κ2) is 3.79. The summed E-state index contributed by atoms with van der Waals surface area (Å²) >= 11 is 0. The van der Waals surface area contributed by atoms with Gasteiger partial charge in [-0.1, -0.05) is 6.07 Å². The summed E-state index contributed by atoms with van der Waals surface area (Å²) in [5.74, 6) is 0.537. The van der Waals surface area contributed by atoms with Crippen molar-refractivity contribution in [1.82, 2.24) is 15.0 Å². The monoisotopic (exact) mass is 204 g/mol. The first-order chi connectivity index (χ1) is 7.25. The van der Waals surface area contributed by atoms with Gasteiger partial charge in [-0.05, 0) is 12.1 Å². The first-order valence-corrected chi connectivity index (χ1v) is 4.26. The van der Waals surface area contributed by atoms with Gasteiger partial charge >= 0.3 is 5.69 Å². The van der Waals surface area contributed by atoms with Crippen molar-refractivity contribution in [2.75, 3.05) is 5.32 Å². The van der Waals surface area contributed by atoms with Gasteiger partial charge < -0.3 is 10.3 Å². The highest BCUT2D eigenvalue weighted by atomic mass is 16.2. The van der Waals surface area contributed by atoms with Crippen molar-refractivity contribution in [3.8, 4) is 0 Å². The molecule has 0 aliphatic rings. The van der Waals surface area contributed by atoms with Gasteiger partial charge in [0.15, 0.2) is 0 Å². The Bertz CT molecular complexity index is 558. The minimum absolute atomic E-state index is 0.244. The van der Waals surface area contributed by atoms with Crippen LogP contribution in [0.4, 0.5) is 11.5 Å². The molecule has 0 amide bonds. The average Bonchev–Trinajstić information content (AvgIpc) is 2.24. The van der Waals surface area contributed by atoms with Gasteiger partial charge in [-0.2, -0.15) is 0 Å². The van der Waals surface area contributed by atoms with Gasteiger partial charge in [0.25, 0.3) is 5.56 Å². The lowest BCUT2D eigenvalue weighted by Crippen LogP contribution is -2.23. The summed E-state index contributed by atoms with van der Waals surface area (Å²) in [5, 5.41) is 2.77. The summed E-state index contributed by atoms with van der Waals surface area (Å²) in [4.78, 5) is 30.5. The fourth-order valence-electron chi connectivity index (χ4n) is 1.08. The summed E-state index contributed by atoms with van der Waals surface area (Å²) in [6, 6.07) is 5.27. The van der Waals surface area contributed by atoms with Gasteiger partial charge in [-0.15, -0.1) is 0 Å². The fourth-order valence-corrected chi connectivity index (χ4v) is 1.08. The number of H-pyrrole nitrogens is 2. The SMILES string of the molecule is O=c1[nH]cc(Nc2ccccn2)c(=O)[nH]1. The molecule has 0 aliphatic carbocycles. The van der Waals surface area contributed by atoms with Crippen LogP contribution in [-0.4, -0.2) is 15.0 Å². The minimum Gasteiger partial charge on any atom is -0.335 e. The maximum atomic E-state index is 11.3. The van der Waals surface area contributed by atoms with Crippen LogP contribution in [0.2, 0.25) is 0 Å². The number of nitrogens with one attached hydrogen (secondary N) is 3. The van der Waals surface area contributed by atoms with Crippen molar-refractivity contribution >= 4 is 11.5 Å². The smallest absolute Gasteiger partial charge is 0.325 e. The van der Waals surface area contributed by atoms with Gasteiger partial charge in [0.1, 0.15) is 11.5 Å². The minimum atomic E-state index is -0.536. The Labute approximate surface area is 84.0 Å². The second-order valence-corrected chi connectivity index (χ2v) is 2.83. The van der Waals surface area contributed by atoms with Gasteiger partial charge in [0, 0.05) is 12.4 Å². The largest absolute Gasteiger partial charge is 0.335 e. The van der Waals surface area contributed by atoms with Crippen LogP contribution in [0.25, 0.3) is 0 Å². The maximum Gasteiger partial charge on any atom is 0.325 e. The van der Waals surface area contributed by atoms with E-state index >= 15 is 0 Å². The van der Waals surface area contributed by atoms with Crippen molar-refractivity contribution in [2.24, 2.45) is 0 Å². The molecule has 15 heavy (non-hydrogen) atoms. The van der Waals surface area contributed by atoms with E-state index in [1.807, 2.05) is 0 Å². The number of hydrogen-bond acceptors (Lipinski definition) is 4. The molecule has 0 unspecified atom stereocenters. The average molecular weight is 204 g/mol. The Morgan fingerprint density at radius 1 is 1.27 bits per heavy atom. The highest BCUT2D eigenvalue weighted by Gasteiger charge is 1.99. The zero-order valence-corrected chi connectivity index (χ0v) is 7.65. The zero-order chi connectivity index (χ0) is 10.7. The molecule has 0 saturated heterocycles. The Morgan fingerprint density at radius 3 is 2.80 bits per heavy atom. The molecular formula is C9H8N4O2. The highest BCUT2D eigenvalue weighted by Crippen LogP contribution is 2.05. The number of pyridine rings is 1. The molecule has 6 heteroatoms. The van der Waals surface area contributed by atoms with Crippen LogP contribution >= 0.6 is 0 Å². The van der Waals surface area contributed by atoms with E-state index in [2.05, 4.69) is 20.3 Å². The molecule has 6 nitrogen and oxygen atoms in total. The summed E-state index contributed by atoms with van der Waals surface area (Å²) in [6.45, 7) is 0. The van der Waals surface area contributed by atoms with Crippen LogP contribution in [0, 0.1) is 0 Å². The van der Waals surface area contributed by atoms with E-state index in [1.165, 1.54) is 6.20 Å². The van der Waals surface area contributed by atoms with Crippen molar-refractivity contribution in [3.63, 3.8) is 0 Å². The summed E-state index contributed by atoms with van der Waals surface area (Å²) < 4.78 is 0. The second-order valence-electron chi connectivity index (χ2n) is 2.83. The van der Waals surface area contributed by atoms with Gasteiger partial charge in [0.05, 0.1) is 0 Å². The third kappa shape index (κ3) is 2.11. The molecule has 0 radical (unpaired) electrons.